The molecule has 26 heavy (non-hydrogen) atoms. The minimum absolute atomic E-state index is 0.0431. The first-order valence-corrected chi connectivity index (χ1v) is 9.29. The number of aromatic nitrogens is 5. The van der Waals surface area contributed by atoms with E-state index in [-0.39, 0.29) is 5.91 Å². The van der Waals surface area contributed by atoms with Gasteiger partial charge in [-0.25, -0.2) is 9.97 Å². The Balaban J connectivity index is 1.26. The zero-order valence-electron chi connectivity index (χ0n) is 15.0. The van der Waals surface area contributed by atoms with E-state index in [9.17, 15) is 4.79 Å². The summed E-state index contributed by atoms with van der Waals surface area (Å²) in [5, 5.41) is 7.73. The van der Waals surface area contributed by atoms with Crippen LogP contribution in [0.2, 0.25) is 0 Å². The summed E-state index contributed by atoms with van der Waals surface area (Å²) in [6.07, 6.45) is 8.83. The number of piperidine rings is 1. The fourth-order valence-corrected chi connectivity index (χ4v) is 3.47. The zero-order valence-corrected chi connectivity index (χ0v) is 15.0. The van der Waals surface area contributed by atoms with Gasteiger partial charge in [0.2, 0.25) is 5.88 Å². The highest BCUT2D eigenvalue weighted by molar-refractivity contribution is 5.91. The van der Waals surface area contributed by atoms with Crippen molar-refractivity contribution in [2.24, 2.45) is 13.0 Å². The zero-order chi connectivity index (χ0) is 17.9. The SMILES string of the molecule is Cn1cc(C(=O)N2CCC(COc3cc(C4CCC4)ncn3)CC2)nn1. The second kappa shape index (κ2) is 7.39. The van der Waals surface area contributed by atoms with Gasteiger partial charge in [0, 0.05) is 32.1 Å². The third-order valence-corrected chi connectivity index (χ3v) is 5.38. The van der Waals surface area contributed by atoms with Crippen molar-refractivity contribution in [3.63, 3.8) is 0 Å². The number of aryl methyl sites for hydroxylation is 1. The summed E-state index contributed by atoms with van der Waals surface area (Å²) in [5.41, 5.74) is 1.51. The molecule has 2 fully saturated rings. The Bertz CT molecular complexity index is 765. The largest absolute Gasteiger partial charge is 0.477 e. The van der Waals surface area contributed by atoms with Crippen LogP contribution in [0, 0.1) is 5.92 Å². The topological polar surface area (TPSA) is 86.0 Å². The molecule has 8 heteroatoms. The maximum atomic E-state index is 12.4. The summed E-state index contributed by atoms with van der Waals surface area (Å²) in [6.45, 7) is 2.08. The molecule has 1 saturated heterocycles. The highest BCUT2D eigenvalue weighted by Gasteiger charge is 2.26. The highest BCUT2D eigenvalue weighted by Crippen LogP contribution is 2.35. The number of nitrogens with zero attached hydrogens (tertiary/aromatic N) is 6. The summed E-state index contributed by atoms with van der Waals surface area (Å²) in [6, 6.07) is 1.98. The van der Waals surface area contributed by atoms with Gasteiger partial charge < -0.3 is 9.64 Å². The second-order valence-corrected chi connectivity index (χ2v) is 7.23. The molecule has 1 aliphatic heterocycles. The Kier molecular flexibility index (Phi) is 4.81. The Labute approximate surface area is 152 Å². The number of hydrogen-bond acceptors (Lipinski definition) is 6. The predicted molar refractivity (Wildman–Crippen MR) is 93.7 cm³/mol. The monoisotopic (exact) mass is 356 g/mol. The van der Waals surface area contributed by atoms with Crippen LogP contribution in [0.15, 0.2) is 18.6 Å². The molecule has 8 nitrogen and oxygen atoms in total. The van der Waals surface area contributed by atoms with Crippen LogP contribution in [0.25, 0.3) is 0 Å². The molecule has 1 aliphatic carbocycles. The molecule has 2 aromatic rings. The van der Waals surface area contributed by atoms with E-state index in [4.69, 9.17) is 4.74 Å². The van der Waals surface area contributed by atoms with Gasteiger partial charge in [-0.05, 0) is 31.6 Å². The molecule has 1 saturated carbocycles. The Morgan fingerprint density at radius 1 is 1.23 bits per heavy atom. The Morgan fingerprint density at radius 3 is 2.69 bits per heavy atom. The van der Waals surface area contributed by atoms with Crippen LogP contribution in [0.1, 0.15) is 54.2 Å². The van der Waals surface area contributed by atoms with Crippen LogP contribution < -0.4 is 4.74 Å². The van der Waals surface area contributed by atoms with E-state index in [0.29, 0.717) is 30.0 Å². The lowest BCUT2D eigenvalue weighted by Gasteiger charge is -2.31. The van der Waals surface area contributed by atoms with Gasteiger partial charge in [-0.15, -0.1) is 5.10 Å². The van der Waals surface area contributed by atoms with Crippen molar-refractivity contribution in [3.05, 3.63) is 30.0 Å². The van der Waals surface area contributed by atoms with Crippen LogP contribution in [-0.4, -0.2) is 55.5 Å². The maximum absolute atomic E-state index is 12.4. The fraction of sp³-hybridized carbons (Fsp3) is 0.611. The molecular weight excluding hydrogens is 332 g/mol. The molecular formula is C18H24N6O2. The minimum atomic E-state index is -0.0431. The van der Waals surface area contributed by atoms with E-state index < -0.39 is 0 Å². The first-order valence-electron chi connectivity index (χ1n) is 9.29. The molecule has 0 aromatic carbocycles. The third kappa shape index (κ3) is 3.68. The lowest BCUT2D eigenvalue weighted by Crippen LogP contribution is -2.39. The molecule has 0 N–H and O–H groups in total. The summed E-state index contributed by atoms with van der Waals surface area (Å²) >= 11 is 0. The Hall–Kier alpha value is -2.51. The number of carbonyl (C=O) groups excluding carboxylic acids is 1. The number of amides is 1. The van der Waals surface area contributed by atoms with Crippen LogP contribution in [0.3, 0.4) is 0 Å². The first kappa shape index (κ1) is 16.9. The molecule has 4 rings (SSSR count). The lowest BCUT2D eigenvalue weighted by molar-refractivity contribution is 0.0653. The molecule has 0 spiro atoms. The van der Waals surface area contributed by atoms with Gasteiger partial charge in [0.15, 0.2) is 5.69 Å². The van der Waals surface area contributed by atoms with Gasteiger partial charge in [-0.2, -0.15) is 0 Å². The molecule has 138 valence electrons. The molecule has 0 unspecified atom stereocenters. The van der Waals surface area contributed by atoms with Gasteiger partial charge in [-0.1, -0.05) is 11.6 Å². The van der Waals surface area contributed by atoms with Crippen molar-refractivity contribution < 1.29 is 9.53 Å². The predicted octanol–water partition coefficient (Wildman–Crippen LogP) is 1.80. The number of carbonyl (C=O) groups is 1. The van der Waals surface area contributed by atoms with Gasteiger partial charge in [0.1, 0.15) is 6.33 Å². The van der Waals surface area contributed by atoms with E-state index in [1.807, 2.05) is 11.0 Å². The molecule has 1 amide bonds. The average molecular weight is 356 g/mol. The molecule has 0 atom stereocenters. The number of likely N-dealkylation sites (tertiary alicyclic amines) is 1. The summed E-state index contributed by atoms with van der Waals surface area (Å²) < 4.78 is 7.46. The molecule has 2 aromatic heterocycles. The van der Waals surface area contributed by atoms with Crippen molar-refractivity contribution >= 4 is 5.91 Å². The lowest BCUT2D eigenvalue weighted by atomic mass is 9.83. The number of hydrogen-bond donors (Lipinski definition) is 0. The molecule has 0 radical (unpaired) electrons. The highest BCUT2D eigenvalue weighted by atomic mass is 16.5. The summed E-state index contributed by atoms with van der Waals surface area (Å²) in [5.74, 6) is 1.64. The summed E-state index contributed by atoms with van der Waals surface area (Å²) in [7, 11) is 1.76. The number of rotatable bonds is 5. The quantitative estimate of drug-likeness (QED) is 0.812. The normalized spacial score (nSPS) is 18.6. The molecule has 3 heterocycles. The van der Waals surface area contributed by atoms with E-state index in [1.54, 1.807) is 24.3 Å². The van der Waals surface area contributed by atoms with E-state index >= 15 is 0 Å². The molecule has 2 aliphatic rings. The summed E-state index contributed by atoms with van der Waals surface area (Å²) in [4.78, 5) is 22.8. The second-order valence-electron chi connectivity index (χ2n) is 7.23. The van der Waals surface area contributed by atoms with Crippen molar-refractivity contribution in [3.8, 4) is 5.88 Å². The van der Waals surface area contributed by atoms with Crippen LogP contribution in [-0.2, 0) is 7.05 Å². The Morgan fingerprint density at radius 2 is 2.04 bits per heavy atom. The van der Waals surface area contributed by atoms with Gasteiger partial charge in [0.05, 0.1) is 18.5 Å². The van der Waals surface area contributed by atoms with Crippen molar-refractivity contribution in [2.45, 2.75) is 38.0 Å². The van der Waals surface area contributed by atoms with E-state index in [2.05, 4.69) is 20.3 Å². The van der Waals surface area contributed by atoms with Crippen molar-refractivity contribution in [2.75, 3.05) is 19.7 Å². The molecule has 0 bridgehead atoms. The minimum Gasteiger partial charge on any atom is -0.477 e. The average Bonchev–Trinajstić information content (AvgIpc) is 3.05. The van der Waals surface area contributed by atoms with Crippen LogP contribution in [0.4, 0.5) is 0 Å². The van der Waals surface area contributed by atoms with Crippen molar-refractivity contribution in [1.82, 2.24) is 29.9 Å². The van der Waals surface area contributed by atoms with Crippen LogP contribution in [0.5, 0.6) is 5.88 Å². The first-order chi connectivity index (χ1) is 12.7. The van der Waals surface area contributed by atoms with Gasteiger partial charge >= 0.3 is 0 Å². The van der Waals surface area contributed by atoms with Crippen molar-refractivity contribution in [1.29, 1.82) is 0 Å². The third-order valence-electron chi connectivity index (χ3n) is 5.38. The van der Waals surface area contributed by atoms with Crippen LogP contribution >= 0.6 is 0 Å². The standard InChI is InChI=1S/C18H24N6O2/c1-23-10-16(21-22-23)18(25)24-7-5-13(6-8-24)11-26-17-9-15(19-12-20-17)14-3-2-4-14/h9-10,12-14H,2-8,11H2,1H3. The smallest absolute Gasteiger partial charge is 0.276 e. The number of ether oxygens (including phenoxy) is 1. The fourth-order valence-electron chi connectivity index (χ4n) is 3.47. The van der Waals surface area contributed by atoms with Gasteiger partial charge in [-0.3, -0.25) is 9.48 Å². The van der Waals surface area contributed by atoms with E-state index in [1.165, 1.54) is 19.3 Å². The maximum Gasteiger partial charge on any atom is 0.276 e. The van der Waals surface area contributed by atoms with E-state index in [0.717, 1.165) is 31.6 Å². The van der Waals surface area contributed by atoms with Gasteiger partial charge in [0.25, 0.3) is 5.91 Å².